The summed E-state index contributed by atoms with van der Waals surface area (Å²) in [6.45, 7) is 3.76. The summed E-state index contributed by atoms with van der Waals surface area (Å²) >= 11 is 0. The van der Waals surface area contributed by atoms with Crippen molar-refractivity contribution in [2.75, 3.05) is 10.2 Å². The van der Waals surface area contributed by atoms with E-state index in [0.717, 1.165) is 22.2 Å². The van der Waals surface area contributed by atoms with Gasteiger partial charge in [-0.15, -0.1) is 0 Å². The maximum atomic E-state index is 13.2. The lowest BCUT2D eigenvalue weighted by atomic mass is 10.1. The third-order valence-electron chi connectivity index (χ3n) is 6.44. The second-order valence-electron chi connectivity index (χ2n) is 9.01. The number of carbonyl (C=O) groups excluding carboxylic acids is 3. The van der Waals surface area contributed by atoms with Gasteiger partial charge in [0, 0.05) is 16.8 Å². The minimum Gasteiger partial charge on any atom is -0.436 e. The lowest BCUT2D eigenvalue weighted by molar-refractivity contribution is 0.0925. The highest BCUT2D eigenvalue weighted by Gasteiger charge is 2.37. The van der Waals surface area contributed by atoms with E-state index < -0.39 is 11.8 Å². The minimum atomic E-state index is -0.439. The highest BCUT2D eigenvalue weighted by molar-refractivity contribution is 6.35. The van der Waals surface area contributed by atoms with Crippen LogP contribution in [0.2, 0.25) is 0 Å². The maximum Gasteiger partial charge on any atom is 0.266 e. The number of amides is 3. The van der Waals surface area contributed by atoms with Crippen LogP contribution < -0.4 is 10.2 Å². The van der Waals surface area contributed by atoms with Crippen LogP contribution in [0.3, 0.4) is 0 Å². The molecule has 1 N–H and O–H groups in total. The molecule has 1 aliphatic rings. The molecule has 180 valence electrons. The molecule has 2 heterocycles. The molecule has 0 unspecified atom stereocenters. The van der Waals surface area contributed by atoms with Gasteiger partial charge < -0.3 is 9.73 Å². The van der Waals surface area contributed by atoms with Crippen molar-refractivity contribution in [1.29, 1.82) is 0 Å². The van der Waals surface area contributed by atoms with Crippen LogP contribution in [0, 0.1) is 13.8 Å². The van der Waals surface area contributed by atoms with Crippen LogP contribution >= 0.6 is 0 Å². The first-order valence-corrected chi connectivity index (χ1v) is 11.8. The molecule has 0 saturated heterocycles. The van der Waals surface area contributed by atoms with E-state index in [0.29, 0.717) is 22.8 Å². The predicted molar refractivity (Wildman–Crippen MR) is 141 cm³/mol. The van der Waals surface area contributed by atoms with Gasteiger partial charge in [0.15, 0.2) is 5.58 Å². The number of hydrogen-bond acceptors (Lipinski definition) is 5. The third kappa shape index (κ3) is 3.87. The predicted octanol–water partition coefficient (Wildman–Crippen LogP) is 6.16. The molecule has 4 aromatic carbocycles. The fourth-order valence-electron chi connectivity index (χ4n) is 4.46. The van der Waals surface area contributed by atoms with Crippen LogP contribution in [0.4, 0.5) is 11.4 Å². The first-order chi connectivity index (χ1) is 17.9. The molecule has 1 aliphatic heterocycles. The molecule has 6 rings (SSSR count). The largest absolute Gasteiger partial charge is 0.436 e. The molecule has 37 heavy (non-hydrogen) atoms. The summed E-state index contributed by atoms with van der Waals surface area (Å²) in [4.78, 5) is 44.9. The van der Waals surface area contributed by atoms with E-state index in [4.69, 9.17) is 4.42 Å². The molecule has 0 spiro atoms. The molecule has 7 heteroatoms. The minimum absolute atomic E-state index is 0.213. The van der Waals surface area contributed by atoms with Gasteiger partial charge in [0.1, 0.15) is 5.52 Å². The van der Waals surface area contributed by atoms with Crippen molar-refractivity contribution in [2.45, 2.75) is 13.8 Å². The van der Waals surface area contributed by atoms with E-state index >= 15 is 0 Å². The van der Waals surface area contributed by atoms with Gasteiger partial charge >= 0.3 is 0 Å². The molecule has 1 aromatic heterocycles. The maximum absolute atomic E-state index is 13.2. The lowest BCUT2D eigenvalue weighted by Crippen LogP contribution is -2.30. The standard InChI is InChI=1S/C30H21N3O4/c1-17-7-8-18(2)25(15-17)33-29(35)22-14-11-20(16-23(22)30(33)36)27(34)31-21-12-9-19(10-13-21)28-32-24-5-3-4-6-26(24)37-28/h3-16H,1-2H3,(H,31,34). The number of rotatable bonds is 4. The number of para-hydroxylation sites is 2. The Kier molecular flexibility index (Phi) is 5.19. The van der Waals surface area contributed by atoms with Crippen molar-refractivity contribution in [3.8, 4) is 11.5 Å². The van der Waals surface area contributed by atoms with Crippen molar-refractivity contribution in [1.82, 2.24) is 4.98 Å². The summed E-state index contributed by atoms with van der Waals surface area (Å²) in [6, 6.07) is 24.9. The summed E-state index contributed by atoms with van der Waals surface area (Å²) in [6.07, 6.45) is 0. The lowest BCUT2D eigenvalue weighted by Gasteiger charge is -2.17. The monoisotopic (exact) mass is 487 g/mol. The molecular weight excluding hydrogens is 466 g/mol. The Labute approximate surface area is 212 Å². The van der Waals surface area contributed by atoms with E-state index in [2.05, 4.69) is 10.3 Å². The van der Waals surface area contributed by atoms with E-state index in [1.807, 2.05) is 68.4 Å². The van der Waals surface area contributed by atoms with Crippen molar-refractivity contribution in [2.24, 2.45) is 0 Å². The number of nitrogens with zero attached hydrogens (tertiary/aromatic N) is 2. The van der Waals surface area contributed by atoms with Gasteiger partial charge in [0.05, 0.1) is 16.8 Å². The molecule has 7 nitrogen and oxygen atoms in total. The number of hydrogen-bond donors (Lipinski definition) is 1. The molecule has 5 aromatic rings. The number of nitrogens with one attached hydrogen (secondary N) is 1. The van der Waals surface area contributed by atoms with Gasteiger partial charge in [0.25, 0.3) is 17.7 Å². The zero-order valence-corrected chi connectivity index (χ0v) is 20.1. The van der Waals surface area contributed by atoms with Crippen molar-refractivity contribution in [3.63, 3.8) is 0 Å². The summed E-state index contributed by atoms with van der Waals surface area (Å²) in [7, 11) is 0. The number of aromatic nitrogens is 1. The highest BCUT2D eigenvalue weighted by Crippen LogP contribution is 2.32. The molecule has 0 radical (unpaired) electrons. The van der Waals surface area contributed by atoms with Crippen LogP contribution in [0.25, 0.3) is 22.6 Å². The number of carbonyl (C=O) groups is 3. The van der Waals surface area contributed by atoms with Crippen LogP contribution in [0.1, 0.15) is 42.2 Å². The Morgan fingerprint density at radius 3 is 2.38 bits per heavy atom. The van der Waals surface area contributed by atoms with Crippen molar-refractivity contribution in [3.05, 3.63) is 113 Å². The third-order valence-corrected chi connectivity index (χ3v) is 6.44. The Morgan fingerprint density at radius 2 is 1.59 bits per heavy atom. The summed E-state index contributed by atoms with van der Waals surface area (Å²) in [5.41, 5.74) is 5.93. The molecule has 0 atom stereocenters. The van der Waals surface area contributed by atoms with Crippen LogP contribution in [0.15, 0.2) is 89.3 Å². The second-order valence-corrected chi connectivity index (χ2v) is 9.01. The first kappa shape index (κ1) is 22.4. The Morgan fingerprint density at radius 1 is 0.838 bits per heavy atom. The molecular formula is C30H21N3O4. The average Bonchev–Trinajstić information content (AvgIpc) is 3.44. The van der Waals surface area contributed by atoms with E-state index in [-0.39, 0.29) is 22.6 Å². The number of aryl methyl sites for hydroxylation is 2. The first-order valence-electron chi connectivity index (χ1n) is 11.8. The van der Waals surface area contributed by atoms with E-state index in [1.165, 1.54) is 17.0 Å². The SMILES string of the molecule is Cc1ccc(C)c(N2C(=O)c3ccc(C(=O)Nc4ccc(-c5nc6ccccc6o5)cc4)cc3C2=O)c1. The summed E-state index contributed by atoms with van der Waals surface area (Å²) in [5, 5.41) is 2.84. The van der Waals surface area contributed by atoms with Gasteiger partial charge in [-0.1, -0.05) is 24.3 Å². The fourth-order valence-corrected chi connectivity index (χ4v) is 4.46. The van der Waals surface area contributed by atoms with Gasteiger partial charge in [-0.05, 0) is 85.6 Å². The Balaban J connectivity index is 1.22. The smallest absolute Gasteiger partial charge is 0.266 e. The molecule has 0 bridgehead atoms. The molecule has 3 amide bonds. The quantitative estimate of drug-likeness (QED) is 0.306. The normalized spacial score (nSPS) is 12.8. The van der Waals surface area contributed by atoms with E-state index in [1.54, 1.807) is 18.2 Å². The number of imide groups is 1. The molecule has 0 fully saturated rings. The van der Waals surface area contributed by atoms with Gasteiger partial charge in [-0.25, -0.2) is 9.88 Å². The zero-order chi connectivity index (χ0) is 25.7. The van der Waals surface area contributed by atoms with Gasteiger partial charge in [-0.2, -0.15) is 0 Å². The summed E-state index contributed by atoms with van der Waals surface area (Å²) < 4.78 is 5.80. The van der Waals surface area contributed by atoms with Crippen molar-refractivity contribution < 1.29 is 18.8 Å². The average molecular weight is 488 g/mol. The van der Waals surface area contributed by atoms with Gasteiger partial charge in [-0.3, -0.25) is 14.4 Å². The van der Waals surface area contributed by atoms with Gasteiger partial charge in [0.2, 0.25) is 5.89 Å². The topological polar surface area (TPSA) is 92.5 Å². The number of fused-ring (bicyclic) bond motifs is 2. The number of oxazole rings is 1. The summed E-state index contributed by atoms with van der Waals surface area (Å²) in [5.74, 6) is -0.724. The number of anilines is 2. The molecule has 0 aliphatic carbocycles. The van der Waals surface area contributed by atoms with Crippen LogP contribution in [0.5, 0.6) is 0 Å². The number of benzene rings is 4. The Bertz CT molecular complexity index is 1700. The Hall–Kier alpha value is -5.04. The molecule has 0 saturated carbocycles. The second kappa shape index (κ2) is 8.57. The fraction of sp³-hybridized carbons (Fsp3) is 0.0667. The van der Waals surface area contributed by atoms with E-state index in [9.17, 15) is 14.4 Å². The zero-order valence-electron chi connectivity index (χ0n) is 20.1. The van der Waals surface area contributed by atoms with Crippen molar-refractivity contribution >= 4 is 40.2 Å². The highest BCUT2D eigenvalue weighted by atomic mass is 16.3. The van der Waals surface area contributed by atoms with Crippen LogP contribution in [-0.4, -0.2) is 22.7 Å². The van der Waals surface area contributed by atoms with Crippen LogP contribution in [-0.2, 0) is 0 Å².